The van der Waals surface area contributed by atoms with E-state index in [0.717, 1.165) is 25.7 Å². The summed E-state index contributed by atoms with van der Waals surface area (Å²) in [6.45, 7) is 31.0. The summed E-state index contributed by atoms with van der Waals surface area (Å²) in [7, 11) is 0. The van der Waals surface area contributed by atoms with E-state index < -0.39 is 0 Å². The Hall–Kier alpha value is -7.56. The van der Waals surface area contributed by atoms with Gasteiger partial charge in [0, 0.05) is 50.7 Å². The van der Waals surface area contributed by atoms with E-state index in [4.69, 9.17) is 0 Å². The summed E-state index contributed by atoms with van der Waals surface area (Å²) in [5.41, 5.74) is 32.5. The van der Waals surface area contributed by atoms with Crippen molar-refractivity contribution in [1.82, 2.24) is 0 Å². The fraction of sp³-hybridized carbons (Fsp3) is 0.289. The van der Waals surface area contributed by atoms with Crippen molar-refractivity contribution >= 4 is 68.6 Å². The number of hydrogen-bond donors (Lipinski definition) is 0. The molecule has 80 heavy (non-hydrogen) atoms. The van der Waals surface area contributed by atoms with E-state index in [-0.39, 0.29) is 33.9 Å². The van der Waals surface area contributed by atoms with Crippen LogP contribution in [-0.2, 0) is 41.0 Å². The third-order valence-electron chi connectivity index (χ3n) is 19.7. The summed E-state index contributed by atoms with van der Waals surface area (Å²) < 4.78 is 0. The van der Waals surface area contributed by atoms with E-state index in [1.807, 2.05) is 0 Å². The average Bonchev–Trinajstić information content (AvgIpc) is 3.35. The van der Waals surface area contributed by atoms with E-state index in [0.29, 0.717) is 0 Å². The van der Waals surface area contributed by atoms with Crippen LogP contribution in [0.4, 0.5) is 45.5 Å². The van der Waals surface area contributed by atoms with E-state index >= 15 is 0 Å². The zero-order valence-corrected chi connectivity index (χ0v) is 49.5. The second-order valence-electron chi connectivity index (χ2n) is 27.8. The van der Waals surface area contributed by atoms with E-state index in [9.17, 15) is 0 Å². The summed E-state index contributed by atoms with van der Waals surface area (Å²) in [6, 6.07) is 69.2. The van der Waals surface area contributed by atoms with Crippen molar-refractivity contribution in [3.05, 3.63) is 232 Å². The minimum atomic E-state index is -0.355. The van der Waals surface area contributed by atoms with E-state index in [2.05, 4.69) is 281 Å². The molecule has 2 unspecified atom stereocenters. The Balaban J connectivity index is 1.10. The van der Waals surface area contributed by atoms with Gasteiger partial charge in [0.2, 0.25) is 0 Å². The van der Waals surface area contributed by atoms with Crippen molar-refractivity contribution in [2.45, 2.75) is 137 Å². The lowest BCUT2D eigenvalue weighted by atomic mass is 9.33. The van der Waals surface area contributed by atoms with Gasteiger partial charge >= 0.3 is 0 Å². The SMILES string of the molecule is Cc1cc2c3c(c1)N(c1ccc(C(C)(C)C)cc1-c1ccccc1)c1cc4c(cc1B3c1ccc(N3c5c(C)cc(C)cc5C5(C)CCc6ccccc6C35C)cc1N2c1ccc(C(C)(C)C)cc1-c1ccccc1)CC(C)(C)C4. The predicted molar refractivity (Wildman–Crippen MR) is 342 cm³/mol. The lowest BCUT2D eigenvalue weighted by Gasteiger charge is -2.51. The molecule has 0 amide bonds. The van der Waals surface area contributed by atoms with Crippen LogP contribution in [0.5, 0.6) is 0 Å². The van der Waals surface area contributed by atoms with Gasteiger partial charge in [0.15, 0.2) is 0 Å². The van der Waals surface area contributed by atoms with Gasteiger partial charge in [-0.15, -0.1) is 0 Å². The van der Waals surface area contributed by atoms with Gasteiger partial charge in [-0.05, 0) is 202 Å². The van der Waals surface area contributed by atoms with Crippen LogP contribution < -0.4 is 31.1 Å². The molecular weight excluding hydrogens is 966 g/mol. The molecule has 2 aliphatic carbocycles. The maximum Gasteiger partial charge on any atom is 0.252 e. The molecule has 2 atom stereocenters. The Morgan fingerprint density at radius 1 is 0.450 bits per heavy atom. The molecule has 14 rings (SSSR count). The monoisotopic (exact) mass is 1040 g/mol. The molecule has 0 radical (unpaired) electrons. The van der Waals surface area contributed by atoms with Crippen molar-refractivity contribution in [1.29, 1.82) is 0 Å². The van der Waals surface area contributed by atoms with Gasteiger partial charge in [0.25, 0.3) is 6.71 Å². The van der Waals surface area contributed by atoms with E-state index in [1.165, 1.54) is 140 Å². The molecule has 3 heterocycles. The van der Waals surface area contributed by atoms with Gasteiger partial charge in [-0.25, -0.2) is 0 Å². The second-order valence-corrected chi connectivity index (χ2v) is 27.8. The van der Waals surface area contributed by atoms with Crippen molar-refractivity contribution in [3.8, 4) is 22.3 Å². The lowest BCUT2D eigenvalue weighted by Crippen LogP contribution is -2.61. The highest BCUT2D eigenvalue weighted by molar-refractivity contribution is 7.00. The molecule has 0 spiro atoms. The van der Waals surface area contributed by atoms with Crippen LogP contribution in [-0.4, -0.2) is 6.71 Å². The Morgan fingerprint density at radius 3 is 1.57 bits per heavy atom. The highest BCUT2D eigenvalue weighted by Crippen LogP contribution is 2.65. The molecule has 0 saturated carbocycles. The van der Waals surface area contributed by atoms with Crippen LogP contribution in [0, 0.1) is 26.2 Å². The van der Waals surface area contributed by atoms with Crippen LogP contribution in [0.3, 0.4) is 0 Å². The summed E-state index contributed by atoms with van der Waals surface area (Å²) >= 11 is 0. The number of benzene rings is 9. The topological polar surface area (TPSA) is 9.72 Å². The first-order valence-corrected chi connectivity index (χ1v) is 29.6. The van der Waals surface area contributed by atoms with Crippen LogP contribution in [0.15, 0.2) is 176 Å². The first-order chi connectivity index (χ1) is 38.1. The van der Waals surface area contributed by atoms with E-state index in [1.54, 1.807) is 0 Å². The third kappa shape index (κ3) is 7.46. The molecule has 398 valence electrons. The number of rotatable bonds is 5. The highest BCUT2D eigenvalue weighted by atomic mass is 15.3. The predicted octanol–water partition coefficient (Wildman–Crippen LogP) is 18.0. The largest absolute Gasteiger partial charge is 0.330 e. The smallest absolute Gasteiger partial charge is 0.252 e. The van der Waals surface area contributed by atoms with Crippen LogP contribution in [0.25, 0.3) is 22.3 Å². The van der Waals surface area contributed by atoms with Gasteiger partial charge in [0.05, 0.1) is 16.9 Å². The fourth-order valence-electron chi connectivity index (χ4n) is 15.6. The van der Waals surface area contributed by atoms with Crippen LogP contribution >= 0.6 is 0 Å². The average molecular weight is 1040 g/mol. The number of nitrogens with zero attached hydrogens (tertiary/aromatic N) is 3. The standard InChI is InChI=1S/C76H76BN3/c1-47-36-49(3)71-61(37-47)75(12)35-34-52-26-20-21-27-60(52)76(75,13)80(71)57-30-31-62-67(44-57)79(65-33-29-56(73(7,8)9)43-59(65)51-24-18-15-19-25-51)69-39-48(2)38-68-70(69)77(62)63-40-53-45-74(10,11)46-54(53)41-66(63)78(68)64-32-28-55(72(4,5)6)42-58(64)50-22-16-14-17-23-50/h14-33,36-44H,34-35,45-46H2,1-13H3. The lowest BCUT2D eigenvalue weighted by molar-refractivity contribution is 0.245. The Morgan fingerprint density at radius 2 is 0.988 bits per heavy atom. The molecule has 9 aromatic carbocycles. The molecular formula is C76H76BN3. The summed E-state index contributed by atoms with van der Waals surface area (Å²) in [4.78, 5) is 8.18. The molecule has 3 aliphatic heterocycles. The van der Waals surface area contributed by atoms with Gasteiger partial charge < -0.3 is 14.7 Å². The second kappa shape index (κ2) is 17.5. The van der Waals surface area contributed by atoms with Crippen molar-refractivity contribution < 1.29 is 0 Å². The molecule has 0 N–H and O–H groups in total. The minimum absolute atomic E-state index is 0.0317. The molecule has 3 nitrogen and oxygen atoms in total. The van der Waals surface area contributed by atoms with Gasteiger partial charge in [-0.2, -0.15) is 0 Å². The van der Waals surface area contributed by atoms with Crippen LogP contribution in [0.2, 0.25) is 0 Å². The molecule has 0 saturated heterocycles. The highest BCUT2D eigenvalue weighted by Gasteiger charge is 2.60. The summed E-state index contributed by atoms with van der Waals surface area (Å²) in [5.74, 6) is 0. The summed E-state index contributed by atoms with van der Waals surface area (Å²) in [6.07, 6.45) is 4.28. The summed E-state index contributed by atoms with van der Waals surface area (Å²) in [5, 5.41) is 0. The Bertz CT molecular complexity index is 4040. The molecule has 0 fully saturated rings. The maximum atomic E-state index is 2.80. The first-order valence-electron chi connectivity index (χ1n) is 29.6. The molecule has 4 heteroatoms. The number of aryl methyl sites for hydroxylation is 4. The zero-order valence-electron chi connectivity index (χ0n) is 49.5. The van der Waals surface area contributed by atoms with Gasteiger partial charge in [0.1, 0.15) is 0 Å². The number of hydrogen-bond acceptors (Lipinski definition) is 3. The molecule has 9 aromatic rings. The van der Waals surface area contributed by atoms with Gasteiger partial charge in [-0.3, -0.25) is 0 Å². The Kier molecular flexibility index (Phi) is 11.1. The minimum Gasteiger partial charge on any atom is -0.330 e. The Labute approximate surface area is 477 Å². The van der Waals surface area contributed by atoms with Crippen molar-refractivity contribution in [3.63, 3.8) is 0 Å². The van der Waals surface area contributed by atoms with Crippen molar-refractivity contribution in [2.75, 3.05) is 14.7 Å². The zero-order chi connectivity index (χ0) is 55.6. The maximum absolute atomic E-state index is 2.80. The number of fused-ring (bicyclic) bond motifs is 10. The number of anilines is 8. The quantitative estimate of drug-likeness (QED) is 0.159. The molecule has 0 aromatic heterocycles. The molecule has 0 bridgehead atoms. The fourth-order valence-corrected chi connectivity index (χ4v) is 15.6. The van der Waals surface area contributed by atoms with Gasteiger partial charge in [-0.1, -0.05) is 189 Å². The third-order valence-corrected chi connectivity index (χ3v) is 19.7. The van der Waals surface area contributed by atoms with Crippen molar-refractivity contribution in [2.24, 2.45) is 5.41 Å². The molecule has 5 aliphatic rings. The van der Waals surface area contributed by atoms with Crippen LogP contribution in [0.1, 0.15) is 131 Å². The normalized spacial score (nSPS) is 19.2. The first kappa shape index (κ1) is 50.6.